The van der Waals surface area contributed by atoms with Gasteiger partial charge in [0.05, 0.1) is 6.07 Å². The zero-order valence-corrected chi connectivity index (χ0v) is 7.03. The molecule has 0 radical (unpaired) electrons. The summed E-state index contributed by atoms with van der Waals surface area (Å²) >= 11 is 0. The number of nitrogens with zero attached hydrogens (tertiary/aromatic N) is 2. The lowest BCUT2D eigenvalue weighted by molar-refractivity contribution is 0.291. The molecular weight excluding hydrogens is 145 g/mol. The highest BCUT2D eigenvalue weighted by Crippen LogP contribution is 2.19. The maximum Gasteiger partial charge on any atom is 0.117 e. The van der Waals surface area contributed by atoms with Crippen LogP contribution in [0.5, 0.6) is 0 Å². The molecule has 2 unspecified atom stereocenters. The van der Waals surface area contributed by atoms with E-state index in [9.17, 15) is 0 Å². The highest BCUT2D eigenvalue weighted by Gasteiger charge is 2.29. The van der Waals surface area contributed by atoms with Crippen LogP contribution in [0.25, 0.3) is 0 Å². The van der Waals surface area contributed by atoms with Gasteiger partial charge in [-0.25, -0.2) is 0 Å². The Morgan fingerprint density at radius 3 is 2.80 bits per heavy atom. The van der Waals surface area contributed by atoms with E-state index in [4.69, 9.17) is 11.0 Å². The van der Waals surface area contributed by atoms with Crippen LogP contribution in [-0.4, -0.2) is 23.3 Å². The van der Waals surface area contributed by atoms with Gasteiger partial charge in [-0.2, -0.15) is 5.26 Å². The summed E-state index contributed by atoms with van der Waals surface area (Å²) in [6, 6.07) is 2.13. The molecule has 0 aromatic heterocycles. The number of nitrogens with two attached hydrogens (primary N) is 1. The van der Waals surface area contributed by atoms with Crippen molar-refractivity contribution in [2.75, 3.05) is 13.1 Å². The van der Waals surface area contributed by atoms with Gasteiger partial charge in [-0.1, -0.05) is 9.39 Å². The summed E-state index contributed by atoms with van der Waals surface area (Å²) in [5, 5.41) is 8.66. The van der Waals surface area contributed by atoms with Gasteiger partial charge in [0.1, 0.15) is 5.54 Å². The van der Waals surface area contributed by atoms with E-state index in [1.807, 2.05) is 4.67 Å². The van der Waals surface area contributed by atoms with E-state index in [1.165, 1.54) is 0 Å². The third-order valence-corrected chi connectivity index (χ3v) is 2.22. The summed E-state index contributed by atoms with van der Waals surface area (Å²) in [5.74, 6) is 0. The van der Waals surface area contributed by atoms with E-state index in [-0.39, 0.29) is 0 Å². The minimum absolute atomic E-state index is 0.597. The van der Waals surface area contributed by atoms with E-state index in [2.05, 4.69) is 15.5 Å². The first-order valence-corrected chi connectivity index (χ1v) is 3.88. The molecule has 2 N–H and O–H groups in total. The van der Waals surface area contributed by atoms with E-state index in [0.717, 1.165) is 19.4 Å². The van der Waals surface area contributed by atoms with Crippen LogP contribution in [0, 0.1) is 11.3 Å². The molecule has 1 fully saturated rings. The fraction of sp³-hybridized carbons (Fsp3) is 0.833. The fourth-order valence-corrected chi connectivity index (χ4v) is 1.72. The molecule has 0 amide bonds. The van der Waals surface area contributed by atoms with Crippen LogP contribution in [0.1, 0.15) is 12.8 Å². The first-order chi connectivity index (χ1) is 4.66. The van der Waals surface area contributed by atoms with Gasteiger partial charge in [-0.3, -0.25) is 4.67 Å². The molecule has 56 valence electrons. The van der Waals surface area contributed by atoms with Crippen LogP contribution in [0.15, 0.2) is 0 Å². The second-order valence-corrected chi connectivity index (χ2v) is 3.57. The Kier molecular flexibility index (Phi) is 2.25. The van der Waals surface area contributed by atoms with Crippen LogP contribution in [0.4, 0.5) is 0 Å². The zero-order chi connectivity index (χ0) is 7.61. The summed E-state index contributed by atoms with van der Waals surface area (Å²) in [7, 11) is 2.58. The average molecular weight is 157 g/mol. The van der Waals surface area contributed by atoms with Crippen LogP contribution >= 0.6 is 9.39 Å². The smallest absolute Gasteiger partial charge is 0.117 e. The molecule has 1 aliphatic heterocycles. The standard InChI is InChI=1S/C6H12N3P/c7-4-6(8)2-1-3-9(10)5-6/h1-3,5,8,10H2. The van der Waals surface area contributed by atoms with Gasteiger partial charge in [0, 0.05) is 13.1 Å². The SMILES string of the molecule is N#CC1(N)CCCN(P)C1. The monoisotopic (exact) mass is 157 g/mol. The molecule has 1 rings (SSSR count). The normalized spacial score (nSPS) is 35.3. The third-order valence-electron chi connectivity index (χ3n) is 1.78. The second-order valence-electron chi connectivity index (χ2n) is 2.84. The van der Waals surface area contributed by atoms with Gasteiger partial charge >= 0.3 is 0 Å². The lowest BCUT2D eigenvalue weighted by Gasteiger charge is -2.32. The molecule has 2 atom stereocenters. The minimum Gasteiger partial charge on any atom is -0.312 e. The van der Waals surface area contributed by atoms with Crippen molar-refractivity contribution < 1.29 is 0 Å². The largest absolute Gasteiger partial charge is 0.312 e. The first kappa shape index (κ1) is 7.94. The highest BCUT2D eigenvalue weighted by molar-refractivity contribution is 7.13. The Morgan fingerprint density at radius 2 is 2.40 bits per heavy atom. The quantitative estimate of drug-likeness (QED) is 0.507. The Morgan fingerprint density at radius 1 is 1.70 bits per heavy atom. The molecular formula is C6H12N3P. The Balaban J connectivity index is 2.56. The third kappa shape index (κ3) is 1.67. The second kappa shape index (κ2) is 2.84. The summed E-state index contributed by atoms with van der Waals surface area (Å²) in [5.41, 5.74) is 5.14. The molecule has 3 nitrogen and oxygen atoms in total. The number of nitriles is 1. The van der Waals surface area contributed by atoms with E-state index in [0.29, 0.717) is 6.54 Å². The van der Waals surface area contributed by atoms with Gasteiger partial charge in [-0.05, 0) is 12.8 Å². The fourth-order valence-electron chi connectivity index (χ4n) is 1.21. The molecule has 1 heterocycles. The van der Waals surface area contributed by atoms with Crippen LogP contribution < -0.4 is 5.73 Å². The van der Waals surface area contributed by atoms with Crippen molar-refractivity contribution in [1.82, 2.24) is 4.67 Å². The van der Waals surface area contributed by atoms with Crippen LogP contribution in [0.2, 0.25) is 0 Å². The van der Waals surface area contributed by atoms with Gasteiger partial charge in [-0.15, -0.1) is 0 Å². The van der Waals surface area contributed by atoms with Gasteiger partial charge in [0.25, 0.3) is 0 Å². The van der Waals surface area contributed by atoms with Crippen molar-refractivity contribution in [3.63, 3.8) is 0 Å². The number of rotatable bonds is 0. The molecule has 10 heavy (non-hydrogen) atoms. The molecule has 0 bridgehead atoms. The predicted octanol–water partition coefficient (Wildman–Crippen LogP) is 0.0934. The van der Waals surface area contributed by atoms with Crippen molar-refractivity contribution >= 4 is 9.39 Å². The van der Waals surface area contributed by atoms with Crippen LogP contribution in [-0.2, 0) is 0 Å². The summed E-state index contributed by atoms with van der Waals surface area (Å²) in [4.78, 5) is 0. The predicted molar refractivity (Wildman–Crippen MR) is 43.0 cm³/mol. The average Bonchev–Trinajstić information content (AvgIpc) is 1.88. The minimum atomic E-state index is -0.597. The Labute approximate surface area is 63.4 Å². The van der Waals surface area contributed by atoms with Crippen molar-refractivity contribution in [3.05, 3.63) is 0 Å². The molecule has 0 aromatic carbocycles. The van der Waals surface area contributed by atoms with Gasteiger partial charge < -0.3 is 5.73 Å². The number of piperidine rings is 1. The van der Waals surface area contributed by atoms with Crippen molar-refractivity contribution in [3.8, 4) is 6.07 Å². The molecule has 0 saturated carbocycles. The summed E-state index contributed by atoms with van der Waals surface area (Å²) in [6.07, 6.45) is 1.85. The maximum atomic E-state index is 8.66. The van der Waals surface area contributed by atoms with Gasteiger partial charge in [0.15, 0.2) is 0 Å². The van der Waals surface area contributed by atoms with Crippen molar-refractivity contribution in [2.45, 2.75) is 18.4 Å². The van der Waals surface area contributed by atoms with Crippen molar-refractivity contribution in [1.29, 1.82) is 5.26 Å². The van der Waals surface area contributed by atoms with E-state index < -0.39 is 5.54 Å². The van der Waals surface area contributed by atoms with E-state index >= 15 is 0 Å². The topological polar surface area (TPSA) is 53.1 Å². The summed E-state index contributed by atoms with van der Waals surface area (Å²) < 4.78 is 2.02. The van der Waals surface area contributed by atoms with Crippen LogP contribution in [0.3, 0.4) is 0 Å². The number of hydrogen-bond donors (Lipinski definition) is 1. The molecule has 0 aliphatic carbocycles. The number of hydrogen-bond acceptors (Lipinski definition) is 3. The lowest BCUT2D eigenvalue weighted by atomic mass is 9.93. The van der Waals surface area contributed by atoms with Gasteiger partial charge in [0.2, 0.25) is 0 Å². The molecule has 0 spiro atoms. The van der Waals surface area contributed by atoms with Crippen molar-refractivity contribution in [2.24, 2.45) is 5.73 Å². The molecule has 1 aliphatic rings. The maximum absolute atomic E-state index is 8.66. The molecule has 4 heteroatoms. The first-order valence-electron chi connectivity index (χ1n) is 3.36. The Bertz CT molecular complexity index is 165. The van der Waals surface area contributed by atoms with E-state index in [1.54, 1.807) is 0 Å². The Hall–Kier alpha value is -0.160. The zero-order valence-electron chi connectivity index (χ0n) is 5.88. The lowest BCUT2D eigenvalue weighted by Crippen LogP contribution is -2.50. The molecule has 0 aromatic rings. The summed E-state index contributed by atoms with van der Waals surface area (Å²) in [6.45, 7) is 1.71. The molecule has 1 saturated heterocycles. The highest BCUT2D eigenvalue weighted by atomic mass is 31.0.